The number of hydrogen-bond donors (Lipinski definition) is 3. The van der Waals surface area contributed by atoms with E-state index in [0.29, 0.717) is 17.6 Å². The van der Waals surface area contributed by atoms with Gasteiger partial charge in [0.05, 0.1) is 0 Å². The predicted octanol–water partition coefficient (Wildman–Crippen LogP) is 1.78. The lowest BCUT2D eigenvalue weighted by molar-refractivity contribution is 0.582. The van der Waals surface area contributed by atoms with E-state index >= 15 is 0 Å². The van der Waals surface area contributed by atoms with Crippen molar-refractivity contribution in [3.63, 3.8) is 0 Å². The van der Waals surface area contributed by atoms with Gasteiger partial charge < -0.3 is 10.7 Å². The molecule has 0 bridgehead atoms. The van der Waals surface area contributed by atoms with Crippen LogP contribution in [0.3, 0.4) is 0 Å². The predicted molar refractivity (Wildman–Crippen MR) is 80.9 cm³/mol. The van der Waals surface area contributed by atoms with E-state index in [9.17, 15) is 8.42 Å². The number of rotatable bonds is 6. The van der Waals surface area contributed by atoms with E-state index in [0.717, 1.165) is 17.7 Å². The molecule has 19 heavy (non-hydrogen) atoms. The molecule has 0 aliphatic carbocycles. The number of nitrogen functional groups attached to an aromatic ring is 1. The molecule has 1 heterocycles. The third-order valence-electron chi connectivity index (χ3n) is 2.77. The zero-order valence-corrected chi connectivity index (χ0v) is 12.3. The first-order valence-electron chi connectivity index (χ1n) is 5.90. The molecule has 4 N–H and O–H groups in total. The molecular weight excluding hydrogens is 282 g/mol. The number of fused-ring (bicyclic) bond motifs is 1. The summed E-state index contributed by atoms with van der Waals surface area (Å²) in [4.78, 5) is 3.19. The highest BCUT2D eigenvalue weighted by Crippen LogP contribution is 2.24. The summed E-state index contributed by atoms with van der Waals surface area (Å²) in [6.07, 6.45) is 4.31. The molecule has 0 amide bonds. The molecule has 0 radical (unpaired) electrons. The van der Waals surface area contributed by atoms with Gasteiger partial charge in [-0.05, 0) is 36.6 Å². The van der Waals surface area contributed by atoms with Crippen LogP contribution >= 0.6 is 11.8 Å². The minimum Gasteiger partial charge on any atom is -0.399 e. The van der Waals surface area contributed by atoms with Crippen molar-refractivity contribution in [2.45, 2.75) is 11.3 Å². The van der Waals surface area contributed by atoms with Gasteiger partial charge in [-0.3, -0.25) is 0 Å². The van der Waals surface area contributed by atoms with Crippen LogP contribution in [-0.4, -0.2) is 32.0 Å². The standard InChI is InChI=1S/C12H17N3O2S2/c1-18-6-2-5-15-19(16,17)12-8-14-11-4-3-9(13)7-10(11)12/h3-4,7-8,14-15H,2,5-6,13H2,1H3. The maximum absolute atomic E-state index is 12.2. The number of H-pyrrole nitrogens is 1. The Bertz CT molecular complexity index is 665. The smallest absolute Gasteiger partial charge is 0.242 e. The Morgan fingerprint density at radius 3 is 2.95 bits per heavy atom. The maximum atomic E-state index is 12.2. The van der Waals surface area contributed by atoms with Crippen molar-refractivity contribution >= 4 is 38.4 Å². The van der Waals surface area contributed by atoms with Gasteiger partial charge >= 0.3 is 0 Å². The molecule has 2 rings (SSSR count). The minimum atomic E-state index is -3.49. The molecule has 0 spiro atoms. The van der Waals surface area contributed by atoms with Crippen molar-refractivity contribution in [1.82, 2.24) is 9.71 Å². The highest BCUT2D eigenvalue weighted by atomic mass is 32.2. The van der Waals surface area contributed by atoms with E-state index in [-0.39, 0.29) is 4.90 Å². The zero-order chi connectivity index (χ0) is 13.9. The second-order valence-corrected chi connectivity index (χ2v) is 6.92. The van der Waals surface area contributed by atoms with Gasteiger partial charge in [-0.15, -0.1) is 0 Å². The fourth-order valence-corrected chi connectivity index (χ4v) is 3.51. The van der Waals surface area contributed by atoms with E-state index in [4.69, 9.17) is 5.73 Å². The Morgan fingerprint density at radius 2 is 2.21 bits per heavy atom. The van der Waals surface area contributed by atoms with E-state index in [1.165, 1.54) is 6.20 Å². The second-order valence-electron chi connectivity index (χ2n) is 4.20. The van der Waals surface area contributed by atoms with Gasteiger partial charge in [-0.2, -0.15) is 11.8 Å². The lowest BCUT2D eigenvalue weighted by Gasteiger charge is -2.05. The van der Waals surface area contributed by atoms with Crippen molar-refractivity contribution in [3.05, 3.63) is 24.4 Å². The lowest BCUT2D eigenvalue weighted by Crippen LogP contribution is -2.24. The van der Waals surface area contributed by atoms with Crippen molar-refractivity contribution in [2.75, 3.05) is 24.3 Å². The van der Waals surface area contributed by atoms with Gasteiger partial charge in [0.1, 0.15) is 4.90 Å². The quantitative estimate of drug-likeness (QED) is 0.560. The fraction of sp³-hybridized carbons (Fsp3) is 0.333. The molecule has 1 aromatic carbocycles. The van der Waals surface area contributed by atoms with Crippen LogP contribution in [-0.2, 0) is 10.0 Å². The summed E-state index contributed by atoms with van der Waals surface area (Å²) in [5.74, 6) is 0.934. The normalized spacial score (nSPS) is 12.1. The van der Waals surface area contributed by atoms with Crippen molar-refractivity contribution < 1.29 is 8.42 Å². The molecule has 7 heteroatoms. The first-order chi connectivity index (χ1) is 9.04. The number of aromatic amines is 1. The van der Waals surface area contributed by atoms with Crippen LogP contribution < -0.4 is 10.5 Å². The summed E-state index contributed by atoms with van der Waals surface area (Å²) in [7, 11) is -3.49. The Balaban J connectivity index is 2.25. The third-order valence-corrected chi connectivity index (χ3v) is 4.97. The van der Waals surface area contributed by atoms with Gasteiger partial charge in [-0.25, -0.2) is 13.1 Å². The number of sulfonamides is 1. The van der Waals surface area contributed by atoms with Gasteiger partial charge in [0.15, 0.2) is 0 Å². The van der Waals surface area contributed by atoms with E-state index in [1.807, 2.05) is 6.26 Å². The molecular formula is C12H17N3O2S2. The van der Waals surface area contributed by atoms with Crippen LogP contribution in [0.5, 0.6) is 0 Å². The van der Waals surface area contributed by atoms with Crippen molar-refractivity contribution in [2.24, 2.45) is 0 Å². The molecule has 0 saturated heterocycles. The van der Waals surface area contributed by atoms with Crippen molar-refractivity contribution in [1.29, 1.82) is 0 Å². The van der Waals surface area contributed by atoms with Crippen LogP contribution in [0.2, 0.25) is 0 Å². The van der Waals surface area contributed by atoms with E-state index in [1.54, 1.807) is 30.0 Å². The topological polar surface area (TPSA) is 88.0 Å². The highest BCUT2D eigenvalue weighted by Gasteiger charge is 2.18. The van der Waals surface area contributed by atoms with E-state index in [2.05, 4.69) is 9.71 Å². The number of anilines is 1. The first-order valence-corrected chi connectivity index (χ1v) is 8.77. The van der Waals surface area contributed by atoms with Crippen LogP contribution in [0.15, 0.2) is 29.3 Å². The molecule has 0 saturated carbocycles. The Morgan fingerprint density at radius 1 is 1.42 bits per heavy atom. The lowest BCUT2D eigenvalue weighted by atomic mass is 10.2. The average Bonchev–Trinajstić information content (AvgIpc) is 2.78. The van der Waals surface area contributed by atoms with Gasteiger partial charge in [0.2, 0.25) is 10.0 Å². The number of benzene rings is 1. The largest absolute Gasteiger partial charge is 0.399 e. The monoisotopic (exact) mass is 299 g/mol. The minimum absolute atomic E-state index is 0.249. The molecule has 104 valence electrons. The molecule has 0 fully saturated rings. The molecule has 2 aromatic rings. The molecule has 0 unspecified atom stereocenters. The third kappa shape index (κ3) is 3.23. The Labute approximate surface area is 117 Å². The zero-order valence-electron chi connectivity index (χ0n) is 10.6. The van der Waals surface area contributed by atoms with Crippen LogP contribution in [0.25, 0.3) is 10.9 Å². The number of hydrogen-bond acceptors (Lipinski definition) is 4. The Hall–Kier alpha value is -1.18. The van der Waals surface area contributed by atoms with Gasteiger partial charge in [0.25, 0.3) is 0 Å². The summed E-state index contributed by atoms with van der Waals surface area (Å²) >= 11 is 1.70. The van der Waals surface area contributed by atoms with E-state index < -0.39 is 10.0 Å². The SMILES string of the molecule is CSCCCNS(=O)(=O)c1c[nH]c2ccc(N)cc12. The average molecular weight is 299 g/mol. The number of aromatic nitrogens is 1. The maximum Gasteiger partial charge on any atom is 0.242 e. The summed E-state index contributed by atoms with van der Waals surface area (Å²) in [6.45, 7) is 0.443. The number of thioether (sulfide) groups is 1. The first kappa shape index (κ1) is 14.2. The fourth-order valence-electron chi connectivity index (χ4n) is 1.84. The van der Waals surface area contributed by atoms with Crippen LogP contribution in [0.4, 0.5) is 5.69 Å². The van der Waals surface area contributed by atoms with Crippen LogP contribution in [0, 0.1) is 0 Å². The molecule has 0 atom stereocenters. The van der Waals surface area contributed by atoms with Gasteiger partial charge in [-0.1, -0.05) is 0 Å². The second kappa shape index (κ2) is 5.85. The number of nitrogens with two attached hydrogens (primary N) is 1. The molecule has 1 aromatic heterocycles. The van der Waals surface area contributed by atoms with Crippen molar-refractivity contribution in [3.8, 4) is 0 Å². The molecule has 0 aliphatic heterocycles. The summed E-state index contributed by atoms with van der Waals surface area (Å²) in [5.41, 5.74) is 7.01. The molecule has 0 aliphatic rings. The number of nitrogens with one attached hydrogen (secondary N) is 2. The summed E-state index contributed by atoms with van der Waals surface area (Å²) in [6, 6.07) is 5.18. The van der Waals surface area contributed by atoms with Crippen LogP contribution in [0.1, 0.15) is 6.42 Å². The van der Waals surface area contributed by atoms with Gasteiger partial charge in [0, 0.05) is 29.3 Å². The highest BCUT2D eigenvalue weighted by molar-refractivity contribution is 7.98. The Kier molecular flexibility index (Phi) is 4.38. The molecule has 5 nitrogen and oxygen atoms in total. The summed E-state index contributed by atoms with van der Waals surface area (Å²) in [5, 5.41) is 0.623. The summed E-state index contributed by atoms with van der Waals surface area (Å²) < 4.78 is 27.0.